The van der Waals surface area contributed by atoms with Crippen LogP contribution in [-0.4, -0.2) is 22.2 Å². The molecular formula is C19H16FN3O2. The van der Waals surface area contributed by atoms with E-state index in [0.29, 0.717) is 23.0 Å². The first-order valence-corrected chi connectivity index (χ1v) is 8.12. The largest absolute Gasteiger partial charge is 0.307 e. The molecule has 2 aromatic carbocycles. The number of hydrogen-bond donors (Lipinski definition) is 0. The average molecular weight is 337 g/mol. The van der Waals surface area contributed by atoms with Crippen molar-refractivity contribution in [3.63, 3.8) is 0 Å². The number of halogens is 1. The second-order valence-corrected chi connectivity index (χ2v) is 6.16. The van der Waals surface area contributed by atoms with Gasteiger partial charge in [-0.15, -0.1) is 0 Å². The third-order valence-corrected chi connectivity index (χ3v) is 4.57. The number of benzene rings is 2. The van der Waals surface area contributed by atoms with Gasteiger partial charge in [0.15, 0.2) is 5.69 Å². The molecule has 4 rings (SSSR count). The fourth-order valence-electron chi connectivity index (χ4n) is 3.34. The lowest BCUT2D eigenvalue weighted by molar-refractivity contribution is 0.0980. The molecule has 0 fully saturated rings. The number of rotatable bonds is 1. The third kappa shape index (κ3) is 2.50. The Labute approximate surface area is 143 Å². The molecule has 0 saturated heterocycles. The van der Waals surface area contributed by atoms with E-state index in [2.05, 4.69) is 5.10 Å². The maximum atomic E-state index is 13.7. The number of anilines is 1. The predicted molar refractivity (Wildman–Crippen MR) is 93.4 cm³/mol. The van der Waals surface area contributed by atoms with E-state index in [-0.39, 0.29) is 23.0 Å². The van der Waals surface area contributed by atoms with Gasteiger partial charge in [-0.2, -0.15) is 5.10 Å². The fourth-order valence-corrected chi connectivity index (χ4v) is 3.34. The number of carbonyl (C=O) groups is 1. The summed E-state index contributed by atoms with van der Waals surface area (Å²) in [7, 11) is 1.52. The number of hydrogen-bond acceptors (Lipinski definition) is 3. The third-order valence-electron chi connectivity index (χ3n) is 4.57. The van der Waals surface area contributed by atoms with Crippen molar-refractivity contribution in [3.05, 3.63) is 69.9 Å². The summed E-state index contributed by atoms with van der Waals surface area (Å²) in [5.41, 5.74) is 1.47. The Kier molecular flexibility index (Phi) is 3.60. The van der Waals surface area contributed by atoms with Crippen molar-refractivity contribution in [2.45, 2.75) is 12.8 Å². The molecule has 0 radical (unpaired) electrons. The van der Waals surface area contributed by atoms with Crippen molar-refractivity contribution in [2.75, 3.05) is 11.4 Å². The maximum Gasteiger partial charge on any atom is 0.279 e. The van der Waals surface area contributed by atoms with Crippen molar-refractivity contribution < 1.29 is 9.18 Å². The topological polar surface area (TPSA) is 55.2 Å². The molecule has 0 saturated carbocycles. The summed E-state index contributed by atoms with van der Waals surface area (Å²) in [5, 5.41) is 5.15. The molecule has 6 heteroatoms. The van der Waals surface area contributed by atoms with E-state index < -0.39 is 0 Å². The Hall–Kier alpha value is -3.02. The summed E-state index contributed by atoms with van der Waals surface area (Å²) in [6.07, 6.45) is 1.61. The van der Waals surface area contributed by atoms with Gasteiger partial charge in [-0.1, -0.05) is 24.3 Å². The van der Waals surface area contributed by atoms with Crippen LogP contribution in [0.3, 0.4) is 0 Å². The van der Waals surface area contributed by atoms with E-state index in [4.69, 9.17) is 0 Å². The van der Waals surface area contributed by atoms with E-state index in [9.17, 15) is 14.0 Å². The van der Waals surface area contributed by atoms with Crippen LogP contribution in [0.2, 0.25) is 0 Å². The SMILES string of the molecule is Cn1nc(C(=O)N2CCCc3ccc(F)cc32)c2ccccc2c1=O. The molecule has 0 unspecified atom stereocenters. The van der Waals surface area contributed by atoms with E-state index in [1.54, 1.807) is 35.2 Å². The summed E-state index contributed by atoms with van der Waals surface area (Å²) in [5.74, 6) is -0.699. The molecule has 1 aromatic heterocycles. The average Bonchev–Trinajstić information content (AvgIpc) is 2.63. The first-order chi connectivity index (χ1) is 12.1. The highest BCUT2D eigenvalue weighted by Crippen LogP contribution is 2.29. The summed E-state index contributed by atoms with van der Waals surface area (Å²) in [4.78, 5) is 27.0. The van der Waals surface area contributed by atoms with Crippen LogP contribution < -0.4 is 10.5 Å². The van der Waals surface area contributed by atoms with Crippen LogP contribution in [0, 0.1) is 5.82 Å². The van der Waals surface area contributed by atoms with Crippen LogP contribution in [0.5, 0.6) is 0 Å². The highest BCUT2D eigenvalue weighted by atomic mass is 19.1. The maximum absolute atomic E-state index is 13.7. The molecule has 0 bridgehead atoms. The van der Waals surface area contributed by atoms with Gasteiger partial charge in [-0.05, 0) is 36.6 Å². The summed E-state index contributed by atoms with van der Waals surface area (Å²) in [6, 6.07) is 11.4. The van der Waals surface area contributed by atoms with Crippen LogP contribution in [-0.2, 0) is 13.5 Å². The van der Waals surface area contributed by atoms with Gasteiger partial charge in [0.05, 0.1) is 11.1 Å². The molecule has 0 atom stereocenters. The number of nitrogens with zero attached hydrogens (tertiary/aromatic N) is 3. The van der Waals surface area contributed by atoms with Crippen LogP contribution in [0.1, 0.15) is 22.5 Å². The molecule has 126 valence electrons. The highest BCUT2D eigenvalue weighted by Gasteiger charge is 2.27. The van der Waals surface area contributed by atoms with Crippen LogP contribution >= 0.6 is 0 Å². The number of aryl methyl sites for hydroxylation is 2. The zero-order chi connectivity index (χ0) is 17.6. The van der Waals surface area contributed by atoms with Gasteiger partial charge in [0.25, 0.3) is 11.5 Å². The number of aromatic nitrogens is 2. The van der Waals surface area contributed by atoms with Crippen molar-refractivity contribution in [3.8, 4) is 0 Å². The van der Waals surface area contributed by atoms with Crippen LogP contribution in [0.25, 0.3) is 10.8 Å². The van der Waals surface area contributed by atoms with Crippen molar-refractivity contribution in [1.82, 2.24) is 9.78 Å². The molecule has 2 heterocycles. The molecule has 25 heavy (non-hydrogen) atoms. The lowest BCUT2D eigenvalue weighted by Crippen LogP contribution is -2.37. The fraction of sp³-hybridized carbons (Fsp3) is 0.211. The molecule has 0 spiro atoms. The van der Waals surface area contributed by atoms with Gasteiger partial charge < -0.3 is 4.90 Å². The molecule has 0 N–H and O–H groups in total. The minimum atomic E-state index is -0.378. The first-order valence-electron chi connectivity index (χ1n) is 8.12. The number of carbonyl (C=O) groups excluding carboxylic acids is 1. The van der Waals surface area contributed by atoms with E-state index in [1.165, 1.54) is 23.9 Å². The molecule has 3 aromatic rings. The van der Waals surface area contributed by atoms with Crippen LogP contribution in [0.15, 0.2) is 47.3 Å². The molecule has 5 nitrogen and oxygen atoms in total. The number of amides is 1. The van der Waals surface area contributed by atoms with Gasteiger partial charge in [-0.3, -0.25) is 9.59 Å². The summed E-state index contributed by atoms with van der Waals surface area (Å²) in [6.45, 7) is 0.494. The highest BCUT2D eigenvalue weighted by molar-refractivity contribution is 6.12. The Balaban J connectivity index is 1.89. The molecule has 0 aliphatic carbocycles. The van der Waals surface area contributed by atoms with Gasteiger partial charge >= 0.3 is 0 Å². The van der Waals surface area contributed by atoms with E-state index in [1.807, 2.05) is 0 Å². The van der Waals surface area contributed by atoms with Gasteiger partial charge in [0, 0.05) is 19.0 Å². The smallest absolute Gasteiger partial charge is 0.279 e. The van der Waals surface area contributed by atoms with E-state index >= 15 is 0 Å². The Morgan fingerprint density at radius 3 is 2.72 bits per heavy atom. The predicted octanol–water partition coefficient (Wildman–Crippen LogP) is 2.67. The molecular weight excluding hydrogens is 321 g/mol. The molecule has 1 amide bonds. The Bertz CT molecular complexity index is 1060. The Morgan fingerprint density at radius 2 is 1.92 bits per heavy atom. The molecule has 1 aliphatic rings. The summed E-state index contributed by atoms with van der Waals surface area (Å²) >= 11 is 0. The van der Waals surface area contributed by atoms with Crippen molar-refractivity contribution in [1.29, 1.82) is 0 Å². The normalized spacial score (nSPS) is 13.8. The van der Waals surface area contributed by atoms with Gasteiger partial charge in [0.2, 0.25) is 0 Å². The quantitative estimate of drug-likeness (QED) is 0.686. The Morgan fingerprint density at radius 1 is 1.16 bits per heavy atom. The second-order valence-electron chi connectivity index (χ2n) is 6.16. The lowest BCUT2D eigenvalue weighted by Gasteiger charge is -2.29. The lowest BCUT2D eigenvalue weighted by atomic mass is 10.0. The van der Waals surface area contributed by atoms with Gasteiger partial charge in [-0.25, -0.2) is 9.07 Å². The minimum absolute atomic E-state index is 0.204. The van der Waals surface area contributed by atoms with Gasteiger partial charge in [0.1, 0.15) is 5.82 Å². The zero-order valence-electron chi connectivity index (χ0n) is 13.7. The minimum Gasteiger partial charge on any atom is -0.307 e. The van der Waals surface area contributed by atoms with Crippen LogP contribution in [0.4, 0.5) is 10.1 Å². The standard InChI is InChI=1S/C19H16FN3O2/c1-22-18(24)15-7-3-2-6-14(15)17(21-22)19(25)23-10-4-5-12-8-9-13(20)11-16(12)23/h2-3,6-9,11H,4-5,10H2,1H3. The zero-order valence-corrected chi connectivity index (χ0v) is 13.7. The van der Waals surface area contributed by atoms with Crippen molar-refractivity contribution >= 4 is 22.4 Å². The monoisotopic (exact) mass is 337 g/mol. The molecule has 1 aliphatic heterocycles. The first kappa shape index (κ1) is 15.5. The second kappa shape index (κ2) is 5.81. The van der Waals surface area contributed by atoms with E-state index in [0.717, 1.165) is 18.4 Å². The number of fused-ring (bicyclic) bond motifs is 2. The summed E-state index contributed by atoms with van der Waals surface area (Å²) < 4.78 is 14.9. The van der Waals surface area contributed by atoms with Crippen molar-refractivity contribution in [2.24, 2.45) is 7.05 Å².